The first-order valence-corrected chi connectivity index (χ1v) is 9.69. The predicted octanol–water partition coefficient (Wildman–Crippen LogP) is 4.17. The minimum atomic E-state index is -0.661. The van der Waals surface area contributed by atoms with Crippen LogP contribution in [0.4, 0.5) is 0 Å². The number of para-hydroxylation sites is 2. The smallest absolute Gasteiger partial charge is 0.161 e. The van der Waals surface area contributed by atoms with Gasteiger partial charge < -0.3 is 19.1 Å². The maximum Gasteiger partial charge on any atom is 0.161 e. The van der Waals surface area contributed by atoms with E-state index in [4.69, 9.17) is 14.5 Å². The second-order valence-electron chi connectivity index (χ2n) is 6.82. The Morgan fingerprint density at radius 1 is 1.21 bits per heavy atom. The first kappa shape index (κ1) is 20.0. The molecule has 5 heteroatoms. The van der Waals surface area contributed by atoms with Gasteiger partial charge in [0.15, 0.2) is 11.5 Å². The lowest BCUT2D eigenvalue weighted by molar-refractivity contribution is 0.0912. The molecule has 1 atom stereocenters. The van der Waals surface area contributed by atoms with Crippen LogP contribution in [0.5, 0.6) is 11.5 Å². The summed E-state index contributed by atoms with van der Waals surface area (Å²) in [5.74, 6) is 2.28. The molecule has 3 rings (SSSR count). The molecule has 1 N–H and O–H groups in total. The third-order valence-corrected chi connectivity index (χ3v) is 4.64. The first-order chi connectivity index (χ1) is 13.7. The van der Waals surface area contributed by atoms with E-state index in [1.165, 1.54) is 0 Å². The van der Waals surface area contributed by atoms with Crippen LogP contribution in [0.15, 0.2) is 55.1 Å². The second-order valence-corrected chi connectivity index (χ2v) is 6.82. The Kier molecular flexibility index (Phi) is 6.71. The zero-order chi connectivity index (χ0) is 19.9. The van der Waals surface area contributed by atoms with E-state index in [0.29, 0.717) is 18.0 Å². The molecular formula is C23H28N2O3. The van der Waals surface area contributed by atoms with Crippen molar-refractivity contribution in [3.05, 3.63) is 66.5 Å². The van der Waals surface area contributed by atoms with Gasteiger partial charge in [0.25, 0.3) is 0 Å². The summed E-state index contributed by atoms with van der Waals surface area (Å²) < 4.78 is 13.4. The molecule has 0 aliphatic rings. The van der Waals surface area contributed by atoms with Crippen LogP contribution >= 0.6 is 0 Å². The highest BCUT2D eigenvalue weighted by atomic mass is 16.5. The van der Waals surface area contributed by atoms with E-state index in [1.807, 2.05) is 48.5 Å². The largest absolute Gasteiger partial charge is 0.493 e. The van der Waals surface area contributed by atoms with Gasteiger partial charge in [-0.15, -0.1) is 6.58 Å². The number of aliphatic hydroxyl groups is 1. The summed E-state index contributed by atoms with van der Waals surface area (Å²) in [4.78, 5) is 4.71. The lowest BCUT2D eigenvalue weighted by Gasteiger charge is -2.17. The minimum Gasteiger partial charge on any atom is -0.493 e. The Balaban J connectivity index is 1.71. The van der Waals surface area contributed by atoms with Gasteiger partial charge in [-0.3, -0.25) is 0 Å². The number of allylic oxidation sites excluding steroid dienone is 1. The molecule has 0 aliphatic carbocycles. The summed E-state index contributed by atoms with van der Waals surface area (Å²) in [6.45, 7) is 6.50. The van der Waals surface area contributed by atoms with Crippen LogP contribution in [-0.2, 0) is 19.4 Å². The lowest BCUT2D eigenvalue weighted by atomic mass is 10.1. The number of rotatable bonds is 10. The highest BCUT2D eigenvalue weighted by molar-refractivity contribution is 5.75. The van der Waals surface area contributed by atoms with Crippen molar-refractivity contribution in [3.63, 3.8) is 0 Å². The van der Waals surface area contributed by atoms with E-state index < -0.39 is 6.10 Å². The second kappa shape index (κ2) is 9.42. The number of aryl methyl sites for hydroxylation is 1. The normalized spacial score (nSPS) is 12.1. The average Bonchev–Trinajstić information content (AvgIpc) is 3.04. The molecule has 3 aromatic rings. The Bertz CT molecular complexity index is 933. The molecule has 0 aliphatic heterocycles. The average molecular weight is 380 g/mol. The van der Waals surface area contributed by atoms with Crippen LogP contribution in [0.1, 0.15) is 24.7 Å². The van der Waals surface area contributed by atoms with Crippen molar-refractivity contribution in [3.8, 4) is 11.5 Å². The fourth-order valence-electron chi connectivity index (χ4n) is 3.32. The van der Waals surface area contributed by atoms with E-state index >= 15 is 0 Å². The van der Waals surface area contributed by atoms with Crippen LogP contribution in [0.3, 0.4) is 0 Å². The highest BCUT2D eigenvalue weighted by Crippen LogP contribution is 2.28. The van der Waals surface area contributed by atoms with E-state index in [9.17, 15) is 5.11 Å². The summed E-state index contributed by atoms with van der Waals surface area (Å²) in [6, 6.07) is 13.8. The van der Waals surface area contributed by atoms with Crippen molar-refractivity contribution < 1.29 is 14.6 Å². The van der Waals surface area contributed by atoms with Gasteiger partial charge in [0.05, 0.1) is 24.7 Å². The van der Waals surface area contributed by atoms with E-state index in [2.05, 4.69) is 18.1 Å². The van der Waals surface area contributed by atoms with Crippen molar-refractivity contribution in [2.75, 3.05) is 13.7 Å². The maximum absolute atomic E-state index is 10.6. The van der Waals surface area contributed by atoms with Crippen LogP contribution in [0.2, 0.25) is 0 Å². The predicted molar refractivity (Wildman–Crippen MR) is 112 cm³/mol. The number of imidazole rings is 1. The monoisotopic (exact) mass is 380 g/mol. The third kappa shape index (κ3) is 4.54. The summed E-state index contributed by atoms with van der Waals surface area (Å²) in [5, 5.41) is 10.6. The molecule has 148 valence electrons. The van der Waals surface area contributed by atoms with Gasteiger partial charge in [0.2, 0.25) is 0 Å². The van der Waals surface area contributed by atoms with Crippen molar-refractivity contribution in [1.29, 1.82) is 0 Å². The molecule has 0 saturated heterocycles. The van der Waals surface area contributed by atoms with Crippen LogP contribution in [-0.4, -0.2) is 34.5 Å². The Labute approximate surface area is 166 Å². The molecule has 0 amide bonds. The molecule has 0 bridgehead atoms. The Hall–Kier alpha value is -2.79. The van der Waals surface area contributed by atoms with E-state index in [1.54, 1.807) is 7.11 Å². The molecule has 2 aromatic carbocycles. The summed E-state index contributed by atoms with van der Waals surface area (Å²) in [6.07, 6.45) is 3.84. The summed E-state index contributed by atoms with van der Waals surface area (Å²) in [7, 11) is 1.62. The molecule has 1 unspecified atom stereocenters. The zero-order valence-electron chi connectivity index (χ0n) is 16.6. The van der Waals surface area contributed by atoms with Crippen LogP contribution in [0, 0.1) is 0 Å². The van der Waals surface area contributed by atoms with Crippen LogP contribution < -0.4 is 9.47 Å². The van der Waals surface area contributed by atoms with Crippen molar-refractivity contribution in [2.24, 2.45) is 0 Å². The third-order valence-electron chi connectivity index (χ3n) is 4.64. The van der Waals surface area contributed by atoms with Gasteiger partial charge in [-0.2, -0.15) is 0 Å². The molecule has 1 heterocycles. The van der Waals surface area contributed by atoms with Crippen molar-refractivity contribution in [1.82, 2.24) is 9.55 Å². The zero-order valence-corrected chi connectivity index (χ0v) is 16.6. The standard InChI is InChI=1S/C23H28N2O3/c1-4-8-17-12-13-21(22(14-17)27-3)28-16-18(26)15-25-20-11-7-6-10-19(20)24-23(25)9-5-2/h4,6-7,10-14,18,26H,1,5,8-9,15-16H2,2-3H3. The number of hydrogen-bond acceptors (Lipinski definition) is 4. The quantitative estimate of drug-likeness (QED) is 0.537. The molecule has 0 radical (unpaired) electrons. The van der Waals surface area contributed by atoms with Gasteiger partial charge in [-0.05, 0) is 42.7 Å². The summed E-state index contributed by atoms with van der Waals surface area (Å²) in [5.41, 5.74) is 3.10. The molecular weight excluding hydrogens is 352 g/mol. The number of nitrogens with zero attached hydrogens (tertiary/aromatic N) is 2. The molecule has 0 saturated carbocycles. The Morgan fingerprint density at radius 2 is 2.04 bits per heavy atom. The van der Waals surface area contributed by atoms with Gasteiger partial charge in [-0.1, -0.05) is 31.2 Å². The van der Waals surface area contributed by atoms with Crippen molar-refractivity contribution >= 4 is 11.0 Å². The fraction of sp³-hybridized carbons (Fsp3) is 0.348. The first-order valence-electron chi connectivity index (χ1n) is 9.69. The number of aromatic nitrogens is 2. The molecule has 0 fully saturated rings. The van der Waals surface area contributed by atoms with Gasteiger partial charge in [-0.25, -0.2) is 4.98 Å². The lowest BCUT2D eigenvalue weighted by Crippen LogP contribution is -2.24. The van der Waals surface area contributed by atoms with E-state index in [0.717, 1.165) is 41.7 Å². The topological polar surface area (TPSA) is 56.5 Å². The minimum absolute atomic E-state index is 0.176. The number of ether oxygens (including phenoxy) is 2. The van der Waals surface area contributed by atoms with Gasteiger partial charge in [0.1, 0.15) is 18.5 Å². The molecule has 0 spiro atoms. The maximum atomic E-state index is 10.6. The number of hydrogen-bond donors (Lipinski definition) is 1. The highest BCUT2D eigenvalue weighted by Gasteiger charge is 2.15. The SMILES string of the molecule is C=CCc1ccc(OCC(O)Cn2c(CCC)nc3ccccc32)c(OC)c1. The van der Waals surface area contributed by atoms with Crippen LogP contribution in [0.25, 0.3) is 11.0 Å². The molecule has 5 nitrogen and oxygen atoms in total. The number of benzene rings is 2. The van der Waals surface area contributed by atoms with Gasteiger partial charge in [0, 0.05) is 6.42 Å². The van der Waals surface area contributed by atoms with Gasteiger partial charge >= 0.3 is 0 Å². The number of fused-ring (bicyclic) bond motifs is 1. The summed E-state index contributed by atoms with van der Waals surface area (Å²) >= 11 is 0. The fourth-order valence-corrected chi connectivity index (χ4v) is 3.32. The number of methoxy groups -OCH3 is 1. The Morgan fingerprint density at radius 3 is 2.79 bits per heavy atom. The van der Waals surface area contributed by atoms with E-state index in [-0.39, 0.29) is 6.61 Å². The molecule has 1 aromatic heterocycles. The molecule has 28 heavy (non-hydrogen) atoms. The number of aliphatic hydroxyl groups excluding tert-OH is 1. The van der Waals surface area contributed by atoms with Crippen molar-refractivity contribution in [2.45, 2.75) is 38.8 Å².